The van der Waals surface area contributed by atoms with E-state index in [0.717, 1.165) is 62.2 Å². The number of anilines is 1. The molecule has 2 saturated heterocycles. The zero-order valence-corrected chi connectivity index (χ0v) is 17.4. The first-order valence-corrected chi connectivity index (χ1v) is 11.3. The lowest BCUT2D eigenvalue weighted by Gasteiger charge is -2.35. The molecule has 0 unspecified atom stereocenters. The Kier molecular flexibility index (Phi) is 5.71. The maximum atomic E-state index is 13.0. The zero-order chi connectivity index (χ0) is 19.7. The summed E-state index contributed by atoms with van der Waals surface area (Å²) in [6.07, 6.45) is 6.87. The van der Waals surface area contributed by atoms with Gasteiger partial charge in [0.25, 0.3) is 5.91 Å². The van der Waals surface area contributed by atoms with Crippen LogP contribution >= 0.6 is 11.3 Å². The van der Waals surface area contributed by atoms with Gasteiger partial charge in [-0.25, -0.2) is 0 Å². The standard InChI is InChI=1S/C21H29N3O3S/c1-14-13-17(22-19(25)15-5-6-15)28-18(14)21(27)24-11-7-16(8-12-24)20(26)23-9-3-2-4-10-23/h13,15-16H,2-12H2,1H3,(H,22,25). The van der Waals surface area contributed by atoms with Gasteiger partial charge in [0.15, 0.2) is 0 Å². The largest absolute Gasteiger partial charge is 0.342 e. The van der Waals surface area contributed by atoms with E-state index in [2.05, 4.69) is 5.32 Å². The van der Waals surface area contributed by atoms with Crippen molar-refractivity contribution in [1.82, 2.24) is 9.80 Å². The van der Waals surface area contributed by atoms with Crippen molar-refractivity contribution in [3.05, 3.63) is 16.5 Å². The monoisotopic (exact) mass is 403 g/mol. The van der Waals surface area contributed by atoms with E-state index >= 15 is 0 Å². The number of amides is 3. The first kappa shape index (κ1) is 19.4. The molecule has 0 aromatic carbocycles. The molecule has 6 nitrogen and oxygen atoms in total. The molecule has 0 bridgehead atoms. The highest BCUT2D eigenvalue weighted by Gasteiger charge is 2.33. The van der Waals surface area contributed by atoms with Gasteiger partial charge < -0.3 is 15.1 Å². The molecule has 1 N–H and O–H groups in total. The SMILES string of the molecule is Cc1cc(NC(=O)C2CC2)sc1C(=O)N1CCC(C(=O)N2CCCCC2)CC1. The van der Waals surface area contributed by atoms with Crippen LogP contribution in [-0.4, -0.2) is 53.7 Å². The molecule has 0 atom stereocenters. The van der Waals surface area contributed by atoms with Crippen LogP contribution in [-0.2, 0) is 9.59 Å². The maximum absolute atomic E-state index is 13.0. The predicted octanol–water partition coefficient (Wildman–Crippen LogP) is 3.27. The van der Waals surface area contributed by atoms with E-state index in [-0.39, 0.29) is 29.6 Å². The molecule has 0 radical (unpaired) electrons. The van der Waals surface area contributed by atoms with Crippen LogP contribution in [0.5, 0.6) is 0 Å². The Hall–Kier alpha value is -1.89. The molecule has 3 amide bonds. The molecule has 3 fully saturated rings. The van der Waals surface area contributed by atoms with Gasteiger partial charge in [-0.05, 0) is 63.5 Å². The van der Waals surface area contributed by atoms with Crippen LogP contribution in [0, 0.1) is 18.8 Å². The van der Waals surface area contributed by atoms with Crippen molar-refractivity contribution in [2.45, 2.75) is 51.9 Å². The number of nitrogens with one attached hydrogen (secondary N) is 1. The van der Waals surface area contributed by atoms with Crippen molar-refractivity contribution in [2.75, 3.05) is 31.5 Å². The minimum atomic E-state index is 0.0262. The normalized spacial score (nSPS) is 20.9. The first-order valence-electron chi connectivity index (χ1n) is 10.5. The third kappa shape index (κ3) is 4.24. The second-order valence-electron chi connectivity index (χ2n) is 8.34. The van der Waals surface area contributed by atoms with Gasteiger partial charge in [0, 0.05) is 38.0 Å². The Bertz CT molecular complexity index is 757. The fourth-order valence-electron chi connectivity index (χ4n) is 4.17. The van der Waals surface area contributed by atoms with Gasteiger partial charge in [0.2, 0.25) is 11.8 Å². The number of hydrogen-bond acceptors (Lipinski definition) is 4. The molecule has 152 valence electrons. The van der Waals surface area contributed by atoms with Crippen LogP contribution in [0.25, 0.3) is 0 Å². The number of thiophene rings is 1. The summed E-state index contributed by atoms with van der Waals surface area (Å²) >= 11 is 1.37. The minimum Gasteiger partial charge on any atom is -0.342 e. The van der Waals surface area contributed by atoms with Crippen molar-refractivity contribution in [3.8, 4) is 0 Å². The Morgan fingerprint density at radius 3 is 2.25 bits per heavy atom. The van der Waals surface area contributed by atoms with E-state index in [0.29, 0.717) is 18.0 Å². The molecule has 28 heavy (non-hydrogen) atoms. The molecule has 4 rings (SSSR count). The number of hydrogen-bond donors (Lipinski definition) is 1. The van der Waals surface area contributed by atoms with Crippen LogP contribution in [0.4, 0.5) is 5.00 Å². The fraction of sp³-hybridized carbons (Fsp3) is 0.667. The smallest absolute Gasteiger partial charge is 0.264 e. The molecule has 1 aromatic heterocycles. The number of nitrogens with zero attached hydrogens (tertiary/aromatic N) is 2. The summed E-state index contributed by atoms with van der Waals surface area (Å²) < 4.78 is 0. The second-order valence-corrected chi connectivity index (χ2v) is 9.39. The summed E-state index contributed by atoms with van der Waals surface area (Å²) in [5, 5.41) is 3.70. The quantitative estimate of drug-likeness (QED) is 0.839. The Balaban J connectivity index is 1.33. The summed E-state index contributed by atoms with van der Waals surface area (Å²) in [5.41, 5.74) is 0.910. The van der Waals surface area contributed by atoms with Crippen molar-refractivity contribution in [2.24, 2.45) is 11.8 Å². The highest BCUT2D eigenvalue weighted by atomic mass is 32.1. The summed E-state index contributed by atoms with van der Waals surface area (Å²) in [6, 6.07) is 1.89. The number of carbonyl (C=O) groups excluding carboxylic acids is 3. The molecule has 2 aliphatic heterocycles. The molecule has 1 aromatic rings. The van der Waals surface area contributed by atoms with E-state index < -0.39 is 0 Å². The Morgan fingerprint density at radius 1 is 0.929 bits per heavy atom. The fourth-order valence-corrected chi connectivity index (χ4v) is 5.21. The maximum Gasteiger partial charge on any atom is 0.264 e. The third-order valence-electron chi connectivity index (χ3n) is 6.11. The molecule has 3 aliphatic rings. The minimum absolute atomic E-state index is 0.0262. The van der Waals surface area contributed by atoms with Crippen molar-refractivity contribution in [3.63, 3.8) is 0 Å². The molecule has 3 heterocycles. The lowest BCUT2D eigenvalue weighted by atomic mass is 9.94. The van der Waals surface area contributed by atoms with Gasteiger partial charge in [0.1, 0.15) is 0 Å². The van der Waals surface area contributed by atoms with Gasteiger partial charge in [0.05, 0.1) is 9.88 Å². The second kappa shape index (κ2) is 8.23. The highest BCUT2D eigenvalue weighted by Crippen LogP contribution is 2.33. The molecular weight excluding hydrogens is 374 g/mol. The number of carbonyl (C=O) groups is 3. The van der Waals surface area contributed by atoms with Gasteiger partial charge in [-0.2, -0.15) is 0 Å². The molecule has 7 heteroatoms. The number of rotatable bonds is 4. The third-order valence-corrected chi connectivity index (χ3v) is 7.25. The van der Waals surface area contributed by atoms with E-state index in [4.69, 9.17) is 0 Å². The average Bonchev–Trinajstić information content (AvgIpc) is 3.51. The van der Waals surface area contributed by atoms with Crippen LogP contribution in [0.2, 0.25) is 0 Å². The highest BCUT2D eigenvalue weighted by molar-refractivity contribution is 7.18. The number of likely N-dealkylation sites (tertiary alicyclic amines) is 2. The summed E-state index contributed by atoms with van der Waals surface area (Å²) in [6.45, 7) is 4.96. The van der Waals surface area contributed by atoms with Crippen LogP contribution in [0.1, 0.15) is 60.2 Å². The van der Waals surface area contributed by atoms with Gasteiger partial charge in [-0.1, -0.05) is 0 Å². The predicted molar refractivity (Wildman–Crippen MR) is 109 cm³/mol. The van der Waals surface area contributed by atoms with E-state index in [1.807, 2.05) is 22.8 Å². The van der Waals surface area contributed by atoms with Gasteiger partial charge in [-0.15, -0.1) is 11.3 Å². The lowest BCUT2D eigenvalue weighted by molar-refractivity contribution is -0.137. The van der Waals surface area contributed by atoms with Gasteiger partial charge in [-0.3, -0.25) is 14.4 Å². The number of piperidine rings is 2. The van der Waals surface area contributed by atoms with Crippen molar-refractivity contribution in [1.29, 1.82) is 0 Å². The van der Waals surface area contributed by atoms with E-state index in [1.165, 1.54) is 17.8 Å². The van der Waals surface area contributed by atoms with Crippen LogP contribution in [0.3, 0.4) is 0 Å². The summed E-state index contributed by atoms with van der Waals surface area (Å²) in [7, 11) is 0. The topological polar surface area (TPSA) is 69.7 Å². The van der Waals surface area contributed by atoms with E-state index in [9.17, 15) is 14.4 Å². The molecule has 1 aliphatic carbocycles. The van der Waals surface area contributed by atoms with Gasteiger partial charge >= 0.3 is 0 Å². The summed E-state index contributed by atoms with van der Waals surface area (Å²) in [4.78, 5) is 42.2. The Morgan fingerprint density at radius 2 is 1.61 bits per heavy atom. The molecule has 1 saturated carbocycles. The first-order chi connectivity index (χ1) is 13.5. The average molecular weight is 404 g/mol. The summed E-state index contributed by atoms with van der Waals surface area (Å²) in [5.74, 6) is 0.581. The Labute approximate surface area is 170 Å². The molecular formula is C21H29N3O3S. The van der Waals surface area contributed by atoms with Crippen LogP contribution in [0.15, 0.2) is 6.07 Å². The number of aryl methyl sites for hydroxylation is 1. The van der Waals surface area contributed by atoms with Crippen molar-refractivity contribution >= 4 is 34.1 Å². The molecule has 0 spiro atoms. The van der Waals surface area contributed by atoms with E-state index in [1.54, 1.807) is 0 Å². The van der Waals surface area contributed by atoms with Crippen LogP contribution < -0.4 is 5.32 Å². The lowest BCUT2D eigenvalue weighted by Crippen LogP contribution is -2.45. The zero-order valence-electron chi connectivity index (χ0n) is 16.5. The van der Waals surface area contributed by atoms with Crippen molar-refractivity contribution < 1.29 is 14.4 Å².